The van der Waals surface area contributed by atoms with Gasteiger partial charge in [0.1, 0.15) is 31.0 Å². The first-order chi connectivity index (χ1) is 17.8. The molecule has 0 radical (unpaired) electrons. The minimum atomic E-state index is -1.20. The largest absolute Gasteiger partial charge is 0.489 e. The van der Waals surface area contributed by atoms with E-state index >= 15 is 0 Å². The maximum atomic E-state index is 13.3. The third-order valence-electron chi connectivity index (χ3n) is 6.15. The van der Waals surface area contributed by atoms with Gasteiger partial charge in [-0.25, -0.2) is 0 Å². The average molecular weight is 510 g/mol. The highest BCUT2D eigenvalue weighted by molar-refractivity contribution is 6.21. The van der Waals surface area contributed by atoms with E-state index in [1.54, 1.807) is 55.5 Å². The standard InChI is InChI=1S/C26H27N3O8/c1-2-36-26(35)18(10-7-13-28-23(32)16-8-3-4-9-17(16)24(28)33)27-19-15-37-21-12-6-5-11-20(21)29(25(19)34)14-22(30)31/h3-6,8-9,11-12,18-19,27H,2,7,10,13-15H2,1H3,(H,30,31)/t18-,19?/m0/s1. The zero-order chi connectivity index (χ0) is 26.5. The molecule has 2 aliphatic rings. The van der Waals surface area contributed by atoms with Crippen molar-refractivity contribution in [3.8, 4) is 5.75 Å². The van der Waals surface area contributed by atoms with E-state index in [-0.39, 0.29) is 32.6 Å². The third-order valence-corrected chi connectivity index (χ3v) is 6.15. The van der Waals surface area contributed by atoms with Crippen molar-refractivity contribution < 1.29 is 38.6 Å². The summed E-state index contributed by atoms with van der Waals surface area (Å²) in [6.45, 7) is 1.12. The SMILES string of the molecule is CCOC(=O)[C@H](CCCN1C(=O)c2ccccc2C1=O)NC1COc2ccccc2N(CC(=O)O)C1=O. The molecule has 2 atom stereocenters. The molecule has 0 aromatic heterocycles. The summed E-state index contributed by atoms with van der Waals surface area (Å²) in [5.74, 6) is -2.82. The van der Waals surface area contributed by atoms with Gasteiger partial charge in [0.2, 0.25) is 5.91 Å². The van der Waals surface area contributed by atoms with Gasteiger partial charge in [0.05, 0.1) is 23.4 Å². The van der Waals surface area contributed by atoms with E-state index in [0.29, 0.717) is 22.6 Å². The van der Waals surface area contributed by atoms with Gasteiger partial charge in [0, 0.05) is 6.54 Å². The number of benzene rings is 2. The number of hydrogen-bond acceptors (Lipinski definition) is 8. The molecule has 194 valence electrons. The number of aliphatic carboxylic acids is 1. The van der Waals surface area contributed by atoms with Gasteiger partial charge in [-0.05, 0) is 44.0 Å². The molecule has 2 aliphatic heterocycles. The summed E-state index contributed by atoms with van der Waals surface area (Å²) < 4.78 is 10.9. The lowest BCUT2D eigenvalue weighted by Crippen LogP contribution is -2.55. The van der Waals surface area contributed by atoms with Crippen LogP contribution in [0.5, 0.6) is 5.75 Å². The second kappa shape index (κ2) is 11.2. The van der Waals surface area contributed by atoms with Crippen molar-refractivity contribution in [2.75, 3.05) is 31.2 Å². The molecule has 3 amide bonds. The number of ether oxygens (including phenoxy) is 2. The fourth-order valence-electron chi connectivity index (χ4n) is 4.42. The van der Waals surface area contributed by atoms with Crippen LogP contribution >= 0.6 is 0 Å². The minimum Gasteiger partial charge on any atom is -0.489 e. The van der Waals surface area contributed by atoms with E-state index < -0.39 is 48.3 Å². The molecule has 0 aliphatic carbocycles. The van der Waals surface area contributed by atoms with E-state index in [4.69, 9.17) is 9.47 Å². The number of carbonyl (C=O) groups excluding carboxylic acids is 4. The predicted octanol–water partition coefficient (Wildman–Crippen LogP) is 1.46. The lowest BCUT2D eigenvalue weighted by molar-refractivity contribution is -0.146. The molecule has 0 saturated heterocycles. The van der Waals surface area contributed by atoms with Crippen LogP contribution in [-0.4, -0.2) is 78.1 Å². The van der Waals surface area contributed by atoms with Crippen molar-refractivity contribution in [2.45, 2.75) is 31.8 Å². The van der Waals surface area contributed by atoms with Crippen molar-refractivity contribution in [3.63, 3.8) is 0 Å². The molecular formula is C26H27N3O8. The Morgan fingerprint density at radius 2 is 1.70 bits per heavy atom. The summed E-state index contributed by atoms with van der Waals surface area (Å²) in [5.41, 5.74) is 0.997. The van der Waals surface area contributed by atoms with E-state index in [9.17, 15) is 29.1 Å². The van der Waals surface area contributed by atoms with Gasteiger partial charge >= 0.3 is 11.9 Å². The van der Waals surface area contributed by atoms with Gasteiger partial charge < -0.3 is 14.6 Å². The first-order valence-corrected chi connectivity index (χ1v) is 11.9. The zero-order valence-electron chi connectivity index (χ0n) is 20.2. The Morgan fingerprint density at radius 1 is 1.05 bits per heavy atom. The Balaban J connectivity index is 1.46. The van der Waals surface area contributed by atoms with Crippen LogP contribution in [0.3, 0.4) is 0 Å². The number of nitrogens with one attached hydrogen (secondary N) is 1. The van der Waals surface area contributed by atoms with E-state index in [2.05, 4.69) is 5.32 Å². The lowest BCUT2D eigenvalue weighted by Gasteiger charge is -2.26. The van der Waals surface area contributed by atoms with Gasteiger partial charge in [0.15, 0.2) is 0 Å². The molecule has 0 spiro atoms. The topological polar surface area (TPSA) is 143 Å². The molecule has 0 fully saturated rings. The summed E-state index contributed by atoms with van der Waals surface area (Å²) in [4.78, 5) is 65.0. The molecule has 2 aromatic carbocycles. The van der Waals surface area contributed by atoms with Crippen LogP contribution in [0.2, 0.25) is 0 Å². The quantitative estimate of drug-likeness (QED) is 0.359. The highest BCUT2D eigenvalue weighted by Gasteiger charge is 2.37. The Morgan fingerprint density at radius 3 is 2.35 bits per heavy atom. The van der Waals surface area contributed by atoms with Crippen LogP contribution in [0.4, 0.5) is 5.69 Å². The van der Waals surface area contributed by atoms with Gasteiger partial charge in [-0.1, -0.05) is 24.3 Å². The Hall–Kier alpha value is -4.25. The van der Waals surface area contributed by atoms with Crippen LogP contribution in [0, 0.1) is 0 Å². The first-order valence-electron chi connectivity index (χ1n) is 11.9. The molecular weight excluding hydrogens is 482 g/mol. The smallest absolute Gasteiger partial charge is 0.323 e. The minimum absolute atomic E-state index is 0.0790. The number of hydrogen-bond donors (Lipinski definition) is 2. The average Bonchev–Trinajstić information content (AvgIpc) is 3.05. The fraction of sp³-hybridized carbons (Fsp3) is 0.346. The van der Waals surface area contributed by atoms with Gasteiger partial charge in [-0.3, -0.25) is 39.1 Å². The molecule has 11 nitrogen and oxygen atoms in total. The number of amides is 3. The van der Waals surface area contributed by atoms with Crippen molar-refractivity contribution in [1.82, 2.24) is 10.2 Å². The lowest BCUT2D eigenvalue weighted by atomic mass is 10.1. The molecule has 0 saturated carbocycles. The molecule has 0 bridgehead atoms. The number of esters is 1. The van der Waals surface area contributed by atoms with Gasteiger partial charge in [-0.2, -0.15) is 0 Å². The Labute approximate surface area is 212 Å². The van der Waals surface area contributed by atoms with Gasteiger partial charge in [-0.15, -0.1) is 0 Å². The number of rotatable bonds is 10. The maximum Gasteiger partial charge on any atom is 0.323 e. The highest BCUT2D eigenvalue weighted by Crippen LogP contribution is 2.31. The second-order valence-corrected chi connectivity index (χ2v) is 8.57. The number of carboxylic acids is 1. The number of anilines is 1. The number of para-hydroxylation sites is 2. The molecule has 2 aromatic rings. The third kappa shape index (κ3) is 5.46. The molecule has 2 heterocycles. The van der Waals surface area contributed by atoms with Crippen LogP contribution < -0.4 is 15.0 Å². The number of carbonyl (C=O) groups is 5. The molecule has 11 heteroatoms. The molecule has 1 unspecified atom stereocenters. The van der Waals surface area contributed by atoms with E-state index in [0.717, 1.165) is 9.80 Å². The fourth-order valence-corrected chi connectivity index (χ4v) is 4.42. The maximum absolute atomic E-state index is 13.3. The first kappa shape index (κ1) is 25.8. The molecule has 4 rings (SSSR count). The molecule has 37 heavy (non-hydrogen) atoms. The number of nitrogens with zero attached hydrogens (tertiary/aromatic N) is 2. The monoisotopic (exact) mass is 509 g/mol. The number of carboxylic acid groups (broad SMARTS) is 1. The zero-order valence-corrected chi connectivity index (χ0v) is 20.2. The van der Waals surface area contributed by atoms with Crippen LogP contribution in [0.1, 0.15) is 40.5 Å². The Kier molecular flexibility index (Phi) is 7.83. The van der Waals surface area contributed by atoms with Crippen molar-refractivity contribution >= 4 is 35.3 Å². The number of fused-ring (bicyclic) bond motifs is 2. The van der Waals surface area contributed by atoms with E-state index in [1.165, 1.54) is 0 Å². The Bertz CT molecular complexity index is 1190. The van der Waals surface area contributed by atoms with Gasteiger partial charge in [0.25, 0.3) is 11.8 Å². The predicted molar refractivity (Wildman–Crippen MR) is 130 cm³/mol. The summed E-state index contributed by atoms with van der Waals surface area (Å²) in [6.07, 6.45) is 0.421. The summed E-state index contributed by atoms with van der Waals surface area (Å²) in [6, 6.07) is 11.1. The van der Waals surface area contributed by atoms with Crippen molar-refractivity contribution in [3.05, 3.63) is 59.7 Å². The second-order valence-electron chi connectivity index (χ2n) is 8.57. The van der Waals surface area contributed by atoms with Crippen LogP contribution in [0.25, 0.3) is 0 Å². The molecule has 2 N–H and O–H groups in total. The summed E-state index contributed by atoms with van der Waals surface area (Å²) >= 11 is 0. The number of imide groups is 1. The van der Waals surface area contributed by atoms with Crippen LogP contribution in [0.15, 0.2) is 48.5 Å². The summed E-state index contributed by atoms with van der Waals surface area (Å²) in [5, 5.41) is 12.3. The van der Waals surface area contributed by atoms with Crippen molar-refractivity contribution in [2.24, 2.45) is 0 Å². The van der Waals surface area contributed by atoms with Crippen molar-refractivity contribution in [1.29, 1.82) is 0 Å². The normalized spacial score (nSPS) is 17.5. The van der Waals surface area contributed by atoms with E-state index in [1.807, 2.05) is 0 Å². The summed E-state index contributed by atoms with van der Waals surface area (Å²) in [7, 11) is 0. The van der Waals surface area contributed by atoms with Crippen LogP contribution in [-0.2, 0) is 19.1 Å². The highest BCUT2D eigenvalue weighted by atomic mass is 16.5.